The monoisotopic (exact) mass is 904 g/mol. The van der Waals surface area contributed by atoms with Crippen LogP contribution in [0.5, 0.6) is 0 Å². The fourth-order valence-corrected chi connectivity index (χ4v) is 20.4. The normalized spacial score (nSPS) is 12.8. The number of aryl methyl sites for hydroxylation is 2. The Hall–Kier alpha value is 0.217. The molecular weight excluding hydrogens is 830 g/mol. The predicted molar refractivity (Wildman–Crippen MR) is 232 cm³/mol. The van der Waals surface area contributed by atoms with Gasteiger partial charge in [0, 0.05) is 0 Å². The van der Waals surface area contributed by atoms with E-state index in [0.29, 0.717) is 0 Å². The van der Waals surface area contributed by atoms with E-state index in [1.165, 1.54) is 141 Å². The van der Waals surface area contributed by atoms with Crippen LogP contribution in [-0.4, -0.2) is 36.8 Å². The van der Waals surface area contributed by atoms with Crippen LogP contribution in [0.3, 0.4) is 0 Å². The van der Waals surface area contributed by atoms with Gasteiger partial charge in [-0.2, -0.15) is 0 Å². The predicted octanol–water partition coefficient (Wildman–Crippen LogP) is 15.3. The van der Waals surface area contributed by atoms with E-state index in [2.05, 4.69) is 90.4 Å². The number of hydrogen-bond donors (Lipinski definition) is 0. The third-order valence-electron chi connectivity index (χ3n) is 10.6. The van der Waals surface area contributed by atoms with E-state index in [1.807, 2.05) is 0 Å². The van der Waals surface area contributed by atoms with Crippen LogP contribution in [0.2, 0.25) is 29.6 Å². The molecule has 0 unspecified atom stereocenters. The van der Waals surface area contributed by atoms with Crippen LogP contribution in [-0.2, 0) is 12.8 Å². The minimum absolute atomic E-state index is 1.25. The van der Waals surface area contributed by atoms with Crippen molar-refractivity contribution in [1.29, 1.82) is 0 Å². The van der Waals surface area contributed by atoms with Gasteiger partial charge in [0.05, 0.1) is 0 Å². The summed E-state index contributed by atoms with van der Waals surface area (Å²) >= 11 is -0.0211. The van der Waals surface area contributed by atoms with E-state index in [4.69, 9.17) is 0 Å². The second kappa shape index (κ2) is 20.5. The molecule has 0 aliphatic rings. The van der Waals surface area contributed by atoms with Crippen molar-refractivity contribution < 1.29 is 0 Å². The number of hydrogen-bond acceptors (Lipinski definition) is 2. The van der Waals surface area contributed by atoms with Gasteiger partial charge in [0.25, 0.3) is 0 Å². The van der Waals surface area contributed by atoms with E-state index >= 15 is 0 Å². The first-order valence-corrected chi connectivity index (χ1v) is 42.1. The van der Waals surface area contributed by atoms with Gasteiger partial charge < -0.3 is 0 Å². The SMILES string of the molecule is CCCCCCCCCCCCc1cc2c[c]([Sn]([CH3])([CH3])[CH3])sc2c2c(CCCCCCCCCCCC)cc3c[c]([Sn]([CH3])([CH3])[CH3])sc3c12. The molecule has 0 aliphatic heterocycles. The Labute approximate surface area is 313 Å². The first-order chi connectivity index (χ1) is 23.0. The summed E-state index contributed by atoms with van der Waals surface area (Å²) in [5.41, 5.74) is 3.33. The molecule has 4 rings (SSSR count). The van der Waals surface area contributed by atoms with E-state index in [0.717, 1.165) is 0 Å². The maximum atomic E-state index is 2.67. The van der Waals surface area contributed by atoms with Gasteiger partial charge in [-0.1, -0.05) is 65.2 Å². The zero-order chi connectivity index (χ0) is 34.6. The molecule has 0 saturated carbocycles. The van der Waals surface area contributed by atoms with Crippen molar-refractivity contribution >= 4 is 96.2 Å². The molecule has 0 bridgehead atoms. The zero-order valence-corrected chi connectivity index (χ0v) is 40.0. The molecular formula is C44H72S2Sn2. The Morgan fingerprint density at radius 2 is 0.688 bits per heavy atom. The summed E-state index contributed by atoms with van der Waals surface area (Å²) in [5, 5.41) is 6.46. The first-order valence-electron chi connectivity index (χ1n) is 20.5. The number of benzene rings is 2. The van der Waals surface area contributed by atoms with Gasteiger partial charge in [0.15, 0.2) is 0 Å². The molecule has 0 spiro atoms. The van der Waals surface area contributed by atoms with Crippen LogP contribution in [0.1, 0.15) is 153 Å². The second-order valence-electron chi connectivity index (χ2n) is 17.2. The summed E-state index contributed by atoms with van der Waals surface area (Å²) in [6, 6.07) is 10.6. The Morgan fingerprint density at radius 1 is 0.396 bits per heavy atom. The molecule has 268 valence electrons. The average Bonchev–Trinajstić information content (AvgIpc) is 3.67. The molecule has 0 saturated heterocycles. The van der Waals surface area contributed by atoms with Gasteiger partial charge in [-0.05, 0) is 0 Å². The Balaban J connectivity index is 1.60. The van der Waals surface area contributed by atoms with Gasteiger partial charge in [-0.3, -0.25) is 0 Å². The second-order valence-corrected chi connectivity index (χ2v) is 50.2. The molecule has 4 heteroatoms. The van der Waals surface area contributed by atoms with Crippen LogP contribution in [0, 0.1) is 0 Å². The molecule has 0 aliphatic carbocycles. The van der Waals surface area contributed by atoms with E-state index in [1.54, 1.807) is 47.9 Å². The molecule has 4 aromatic rings. The van der Waals surface area contributed by atoms with Crippen LogP contribution < -0.4 is 5.79 Å². The van der Waals surface area contributed by atoms with E-state index in [9.17, 15) is 0 Å². The van der Waals surface area contributed by atoms with Crippen molar-refractivity contribution in [2.75, 3.05) is 0 Å². The van der Waals surface area contributed by atoms with E-state index in [-0.39, 0.29) is 0 Å². The molecule has 0 radical (unpaired) electrons. The molecule has 0 atom stereocenters. The molecule has 2 aromatic carbocycles. The van der Waals surface area contributed by atoms with Crippen molar-refractivity contribution in [3.63, 3.8) is 0 Å². The number of thiophene rings is 2. The molecule has 48 heavy (non-hydrogen) atoms. The Morgan fingerprint density at radius 3 is 0.979 bits per heavy atom. The Kier molecular flexibility index (Phi) is 17.5. The number of fused-ring (bicyclic) bond motifs is 5. The molecule has 0 nitrogen and oxygen atoms in total. The quantitative estimate of drug-likeness (QED) is 0.0485. The Bertz CT molecular complexity index is 1410. The summed E-state index contributed by atoms with van der Waals surface area (Å²) < 4.78 is 6.74. The van der Waals surface area contributed by atoms with Crippen molar-refractivity contribution in [2.24, 2.45) is 0 Å². The zero-order valence-electron chi connectivity index (χ0n) is 32.7. The van der Waals surface area contributed by atoms with Crippen molar-refractivity contribution in [2.45, 2.75) is 185 Å². The number of rotatable bonds is 24. The molecule has 0 fully saturated rings. The third-order valence-corrected chi connectivity index (χ3v) is 31.8. The summed E-state index contributed by atoms with van der Waals surface area (Å²) in [7, 11) is 0. The van der Waals surface area contributed by atoms with Crippen LogP contribution in [0.25, 0.3) is 30.9 Å². The topological polar surface area (TPSA) is 0 Å². The third kappa shape index (κ3) is 12.1. The fraction of sp³-hybridized carbons (Fsp3) is 0.682. The molecule has 2 heterocycles. The summed E-state index contributed by atoms with van der Waals surface area (Å²) in [6.07, 6.45) is 30.7. The van der Waals surface area contributed by atoms with E-state index < -0.39 is 36.8 Å². The van der Waals surface area contributed by atoms with Crippen molar-refractivity contribution in [1.82, 2.24) is 0 Å². The van der Waals surface area contributed by atoms with Crippen LogP contribution in [0.15, 0.2) is 24.3 Å². The number of unbranched alkanes of at least 4 members (excludes halogenated alkanes) is 18. The first kappa shape index (κ1) is 41.0. The maximum absolute atomic E-state index is 2.67. The van der Waals surface area contributed by atoms with Gasteiger partial charge in [0.2, 0.25) is 0 Å². The minimum atomic E-state index is -2.20. The average molecular weight is 903 g/mol. The van der Waals surface area contributed by atoms with Gasteiger partial charge in [0.1, 0.15) is 0 Å². The molecule has 2 aromatic heterocycles. The van der Waals surface area contributed by atoms with Crippen LogP contribution in [0.4, 0.5) is 0 Å². The van der Waals surface area contributed by atoms with Gasteiger partial charge in [-0.15, -0.1) is 0 Å². The molecule has 0 amide bonds. The van der Waals surface area contributed by atoms with Crippen molar-refractivity contribution in [3.05, 3.63) is 35.4 Å². The summed E-state index contributed by atoms with van der Waals surface area (Å²) in [5.74, 6) is 0. The van der Waals surface area contributed by atoms with Gasteiger partial charge in [-0.25, -0.2) is 0 Å². The van der Waals surface area contributed by atoms with Crippen molar-refractivity contribution in [3.8, 4) is 0 Å². The van der Waals surface area contributed by atoms with Crippen LogP contribution >= 0.6 is 22.7 Å². The summed E-state index contributed by atoms with van der Waals surface area (Å²) in [4.78, 5) is 15.6. The summed E-state index contributed by atoms with van der Waals surface area (Å²) in [6.45, 7) is 4.64. The standard InChI is InChI=1S/C38H54S2.6CH3.2Sn/c1-3-5-7-9-11-13-15-17-19-21-23-31-29-33-25-27-40-38(33)36-32(30-34-26-28-39-37(34)35(31)36)24-22-20-18-16-14-12-10-8-6-4-2;;;;;;;;/h25-26,29-30H,3-24H2,1-2H3;6*1H3;;. The van der Waals surface area contributed by atoms with Gasteiger partial charge >= 0.3 is 251 Å². The molecule has 0 N–H and O–H groups in total. The fourth-order valence-electron chi connectivity index (χ4n) is 7.51.